The van der Waals surface area contributed by atoms with Crippen LogP contribution in [0, 0.1) is 0 Å². The fourth-order valence-corrected chi connectivity index (χ4v) is 4.08. The number of anilines is 2. The van der Waals surface area contributed by atoms with E-state index in [2.05, 4.69) is 27.7 Å². The number of amides is 1. The average molecular weight is 488 g/mol. The topological polar surface area (TPSA) is 70.7 Å². The van der Waals surface area contributed by atoms with Crippen LogP contribution in [0.5, 0.6) is 0 Å². The molecule has 6 nitrogen and oxygen atoms in total. The van der Waals surface area contributed by atoms with Gasteiger partial charge in [0.15, 0.2) is 0 Å². The van der Waals surface area contributed by atoms with Crippen molar-refractivity contribution in [3.63, 3.8) is 0 Å². The highest BCUT2D eigenvalue weighted by Gasteiger charge is 2.28. The van der Waals surface area contributed by atoms with Gasteiger partial charge >= 0.3 is 5.97 Å². The highest BCUT2D eigenvalue weighted by atomic mass is 35.5. The smallest absolute Gasteiger partial charge is 0.330 e. The maximum atomic E-state index is 13.1. The lowest BCUT2D eigenvalue weighted by Gasteiger charge is -2.16. The monoisotopic (exact) mass is 487 g/mol. The number of ether oxygens (including phenoxy) is 1. The van der Waals surface area contributed by atoms with E-state index in [1.807, 2.05) is 56.6 Å². The van der Waals surface area contributed by atoms with Crippen molar-refractivity contribution in [1.29, 1.82) is 0 Å². The summed E-state index contributed by atoms with van der Waals surface area (Å²) >= 11 is 6.16. The lowest BCUT2D eigenvalue weighted by atomic mass is 9.98. The SMILES string of the molecule is COC(=O)C=Cc1cccc(C(Nc2ccc(CN(C)C)cc2)=C2C(=O)Nc3cc(Cl)ccc32)c1. The molecule has 0 aliphatic carbocycles. The van der Waals surface area contributed by atoms with Crippen molar-refractivity contribution < 1.29 is 14.3 Å². The quantitative estimate of drug-likeness (QED) is 0.339. The number of carbonyl (C=O) groups excluding carboxylic acids is 2. The van der Waals surface area contributed by atoms with Crippen molar-refractivity contribution in [1.82, 2.24) is 4.90 Å². The molecule has 3 aromatic carbocycles. The number of carbonyl (C=O) groups is 2. The van der Waals surface area contributed by atoms with Crippen molar-refractivity contribution in [3.05, 3.63) is 100 Å². The number of fused-ring (bicyclic) bond motifs is 1. The molecule has 0 spiro atoms. The molecule has 1 aliphatic rings. The number of halogens is 1. The molecule has 178 valence electrons. The van der Waals surface area contributed by atoms with E-state index >= 15 is 0 Å². The molecule has 0 fully saturated rings. The third-order valence-corrected chi connectivity index (χ3v) is 5.72. The number of hydrogen-bond acceptors (Lipinski definition) is 5. The number of hydrogen-bond donors (Lipinski definition) is 2. The van der Waals surface area contributed by atoms with Gasteiger partial charge in [0.05, 0.1) is 24.1 Å². The first kappa shape index (κ1) is 24.3. The summed E-state index contributed by atoms with van der Waals surface area (Å²) in [4.78, 5) is 26.8. The summed E-state index contributed by atoms with van der Waals surface area (Å²) in [6, 6.07) is 21.1. The van der Waals surface area contributed by atoms with E-state index < -0.39 is 5.97 Å². The second-order valence-electron chi connectivity index (χ2n) is 8.44. The molecule has 0 saturated carbocycles. The summed E-state index contributed by atoms with van der Waals surface area (Å²) < 4.78 is 4.69. The van der Waals surface area contributed by atoms with Crippen molar-refractivity contribution in [2.45, 2.75) is 6.54 Å². The second kappa shape index (κ2) is 10.6. The Morgan fingerprint density at radius 1 is 1.09 bits per heavy atom. The summed E-state index contributed by atoms with van der Waals surface area (Å²) in [6.07, 6.45) is 3.04. The minimum absolute atomic E-state index is 0.218. The predicted octanol–water partition coefficient (Wildman–Crippen LogP) is 5.52. The molecule has 1 aliphatic heterocycles. The van der Waals surface area contributed by atoms with E-state index in [4.69, 9.17) is 16.3 Å². The molecule has 0 unspecified atom stereocenters. The molecular formula is C28H26ClN3O3. The van der Waals surface area contributed by atoms with Gasteiger partial charge in [-0.15, -0.1) is 0 Å². The molecule has 1 heterocycles. The van der Waals surface area contributed by atoms with E-state index in [9.17, 15) is 9.59 Å². The third-order valence-electron chi connectivity index (χ3n) is 5.49. The highest BCUT2D eigenvalue weighted by molar-refractivity contribution is 6.38. The van der Waals surface area contributed by atoms with E-state index in [0.717, 1.165) is 28.9 Å². The Labute approximate surface area is 209 Å². The molecule has 0 radical (unpaired) electrons. The van der Waals surface area contributed by atoms with Gasteiger partial charge in [-0.25, -0.2) is 4.79 Å². The molecule has 3 aromatic rings. The Kier molecular flexibility index (Phi) is 7.34. The lowest BCUT2D eigenvalue weighted by molar-refractivity contribution is -0.134. The summed E-state index contributed by atoms with van der Waals surface area (Å²) in [5.74, 6) is -0.657. The van der Waals surface area contributed by atoms with Crippen LogP contribution in [-0.4, -0.2) is 38.0 Å². The van der Waals surface area contributed by atoms with E-state index in [1.54, 1.807) is 18.2 Å². The number of nitrogens with one attached hydrogen (secondary N) is 2. The second-order valence-corrected chi connectivity index (χ2v) is 8.87. The zero-order chi connectivity index (χ0) is 24.9. The largest absolute Gasteiger partial charge is 0.466 e. The molecule has 4 rings (SSSR count). The van der Waals surface area contributed by atoms with Crippen molar-refractivity contribution >= 4 is 52.2 Å². The Morgan fingerprint density at radius 3 is 2.57 bits per heavy atom. The van der Waals surface area contributed by atoms with E-state index in [-0.39, 0.29) is 5.91 Å². The fourth-order valence-electron chi connectivity index (χ4n) is 3.91. The van der Waals surface area contributed by atoms with Gasteiger partial charge in [0.1, 0.15) is 0 Å². The number of benzene rings is 3. The molecule has 2 N–H and O–H groups in total. The summed E-state index contributed by atoms with van der Waals surface area (Å²) in [6.45, 7) is 0.833. The van der Waals surface area contributed by atoms with Crippen LogP contribution in [0.25, 0.3) is 17.3 Å². The summed E-state index contributed by atoms with van der Waals surface area (Å²) in [5, 5.41) is 6.93. The average Bonchev–Trinajstić information content (AvgIpc) is 3.16. The number of rotatable bonds is 7. The van der Waals surface area contributed by atoms with Gasteiger partial charge in [-0.1, -0.05) is 48.0 Å². The third kappa shape index (κ3) is 5.80. The van der Waals surface area contributed by atoms with Crippen LogP contribution < -0.4 is 10.6 Å². The van der Waals surface area contributed by atoms with E-state index in [1.165, 1.54) is 18.7 Å². The Bertz CT molecular complexity index is 1330. The number of nitrogens with zero attached hydrogens (tertiary/aromatic N) is 1. The van der Waals surface area contributed by atoms with Crippen LogP contribution in [0.1, 0.15) is 22.3 Å². The van der Waals surface area contributed by atoms with Gasteiger partial charge in [-0.05, 0) is 67.2 Å². The molecule has 0 atom stereocenters. The van der Waals surface area contributed by atoms with Crippen LogP contribution in [-0.2, 0) is 20.9 Å². The first-order chi connectivity index (χ1) is 16.8. The minimum atomic E-state index is -0.439. The van der Waals surface area contributed by atoms with Gasteiger partial charge < -0.3 is 20.3 Å². The van der Waals surface area contributed by atoms with Gasteiger partial charge in [-0.2, -0.15) is 0 Å². The molecule has 35 heavy (non-hydrogen) atoms. The first-order valence-electron chi connectivity index (χ1n) is 11.1. The van der Waals surface area contributed by atoms with Gasteiger partial charge in [0.2, 0.25) is 0 Å². The van der Waals surface area contributed by atoms with Gasteiger partial charge in [-0.3, -0.25) is 4.79 Å². The van der Waals surface area contributed by atoms with Crippen LogP contribution in [0.15, 0.2) is 72.8 Å². The number of methoxy groups -OCH3 is 1. The van der Waals surface area contributed by atoms with Crippen LogP contribution in [0.4, 0.5) is 11.4 Å². The Hall–Kier alpha value is -3.87. The minimum Gasteiger partial charge on any atom is -0.466 e. The van der Waals surface area contributed by atoms with Crippen LogP contribution in [0.3, 0.4) is 0 Å². The standard InChI is InChI=1S/C28H26ClN3O3/c1-32(2)17-19-7-11-22(12-8-19)30-27(20-6-4-5-18(15-20)9-14-25(33)35-3)26-23-13-10-21(29)16-24(23)31-28(26)34/h4-16,30H,17H2,1-3H3,(H,31,34). The molecular weight excluding hydrogens is 462 g/mol. The normalized spacial score (nSPS) is 14.1. The maximum Gasteiger partial charge on any atom is 0.330 e. The Morgan fingerprint density at radius 2 is 1.86 bits per heavy atom. The summed E-state index contributed by atoms with van der Waals surface area (Å²) in [7, 11) is 5.39. The molecule has 0 aromatic heterocycles. The fraction of sp³-hybridized carbons (Fsp3) is 0.143. The number of esters is 1. The zero-order valence-corrected chi connectivity index (χ0v) is 20.5. The van der Waals surface area contributed by atoms with Crippen LogP contribution in [0.2, 0.25) is 5.02 Å². The summed E-state index contributed by atoms with van der Waals surface area (Å²) in [5.41, 5.74) is 6.22. The van der Waals surface area contributed by atoms with E-state index in [0.29, 0.717) is 22.0 Å². The predicted molar refractivity (Wildman–Crippen MR) is 142 cm³/mol. The van der Waals surface area contributed by atoms with Gasteiger partial charge in [0.25, 0.3) is 5.91 Å². The van der Waals surface area contributed by atoms with Crippen LogP contribution >= 0.6 is 11.6 Å². The molecule has 0 saturated heterocycles. The Balaban J connectivity index is 1.80. The molecule has 1 amide bonds. The van der Waals surface area contributed by atoms with Crippen molar-refractivity contribution in [3.8, 4) is 0 Å². The molecule has 7 heteroatoms. The molecule has 0 bridgehead atoms. The highest BCUT2D eigenvalue weighted by Crippen LogP contribution is 2.39. The van der Waals surface area contributed by atoms with Gasteiger partial charge in [0, 0.05) is 28.9 Å². The lowest BCUT2D eigenvalue weighted by Crippen LogP contribution is -2.11. The maximum absolute atomic E-state index is 13.1. The van der Waals surface area contributed by atoms with Crippen molar-refractivity contribution in [2.24, 2.45) is 0 Å². The van der Waals surface area contributed by atoms with Crippen molar-refractivity contribution in [2.75, 3.05) is 31.8 Å². The first-order valence-corrected chi connectivity index (χ1v) is 11.4. The zero-order valence-electron chi connectivity index (χ0n) is 19.8.